The van der Waals surface area contributed by atoms with Crippen molar-refractivity contribution >= 4 is 22.9 Å². The zero-order valence-corrected chi connectivity index (χ0v) is 12.7. The summed E-state index contributed by atoms with van der Waals surface area (Å²) in [6.45, 7) is 0. The maximum atomic E-state index is 5.97. The summed E-state index contributed by atoms with van der Waals surface area (Å²) in [7, 11) is 3.71. The van der Waals surface area contributed by atoms with Gasteiger partial charge in [-0.1, -0.05) is 29.8 Å². The Balaban J connectivity index is 2.06. The summed E-state index contributed by atoms with van der Waals surface area (Å²) in [6, 6.07) is 12.6. The number of benzene rings is 1. The normalized spacial score (nSPS) is 12.4. The van der Waals surface area contributed by atoms with Crippen molar-refractivity contribution in [2.45, 2.75) is 18.9 Å². The van der Waals surface area contributed by atoms with E-state index < -0.39 is 0 Å². The summed E-state index contributed by atoms with van der Waals surface area (Å²) in [5.74, 6) is 0.951. The minimum Gasteiger partial charge on any atom is -0.496 e. The van der Waals surface area contributed by atoms with Gasteiger partial charge in [-0.25, -0.2) is 0 Å². The fourth-order valence-corrected chi connectivity index (χ4v) is 3.29. The van der Waals surface area contributed by atoms with Crippen molar-refractivity contribution in [1.29, 1.82) is 0 Å². The van der Waals surface area contributed by atoms with Crippen LogP contribution >= 0.6 is 22.9 Å². The molecule has 1 heterocycles. The summed E-state index contributed by atoms with van der Waals surface area (Å²) in [5.41, 5.74) is 1.23. The molecule has 0 fully saturated rings. The van der Waals surface area contributed by atoms with E-state index in [1.54, 1.807) is 18.4 Å². The number of ether oxygens (including phenoxy) is 1. The molecule has 1 unspecified atom stereocenters. The minimum absolute atomic E-state index is 0.381. The second-order valence-corrected chi connectivity index (χ2v) is 6.21. The second-order valence-electron chi connectivity index (χ2n) is 4.41. The summed E-state index contributed by atoms with van der Waals surface area (Å²) >= 11 is 7.62. The van der Waals surface area contributed by atoms with Gasteiger partial charge in [-0.05, 0) is 43.7 Å². The highest BCUT2D eigenvalue weighted by atomic mass is 35.5. The number of thiophene rings is 1. The Morgan fingerprint density at radius 2 is 2.00 bits per heavy atom. The van der Waals surface area contributed by atoms with E-state index in [2.05, 4.69) is 17.4 Å². The number of methoxy groups -OCH3 is 1. The third-order valence-corrected chi connectivity index (χ3v) is 4.40. The van der Waals surface area contributed by atoms with E-state index >= 15 is 0 Å². The molecule has 2 rings (SSSR count). The number of rotatable bonds is 6. The Bertz CT molecular complexity index is 526. The number of hydrogen-bond donors (Lipinski definition) is 1. The van der Waals surface area contributed by atoms with E-state index in [1.807, 2.05) is 31.3 Å². The first-order chi connectivity index (χ1) is 9.22. The fourth-order valence-electron chi connectivity index (χ4n) is 2.12. The molecule has 0 aliphatic heterocycles. The average Bonchev–Trinajstić information content (AvgIpc) is 2.84. The molecule has 0 aliphatic rings. The van der Waals surface area contributed by atoms with Crippen LogP contribution in [0.3, 0.4) is 0 Å². The Morgan fingerprint density at radius 1 is 1.21 bits per heavy atom. The molecule has 4 heteroatoms. The lowest BCUT2D eigenvalue weighted by atomic mass is 10.0. The third-order valence-electron chi connectivity index (χ3n) is 3.14. The largest absolute Gasteiger partial charge is 0.496 e. The smallest absolute Gasteiger partial charge is 0.122 e. The van der Waals surface area contributed by atoms with Gasteiger partial charge in [0.1, 0.15) is 5.75 Å². The maximum absolute atomic E-state index is 5.97. The van der Waals surface area contributed by atoms with E-state index in [1.165, 1.54) is 10.4 Å². The lowest BCUT2D eigenvalue weighted by molar-refractivity contribution is 0.406. The number of hydrogen-bond acceptors (Lipinski definition) is 3. The van der Waals surface area contributed by atoms with Crippen LogP contribution in [0.15, 0.2) is 36.4 Å². The molecule has 0 bridgehead atoms. The van der Waals surface area contributed by atoms with Gasteiger partial charge in [0.25, 0.3) is 0 Å². The highest BCUT2D eigenvalue weighted by molar-refractivity contribution is 7.16. The number of para-hydroxylation sites is 1. The van der Waals surface area contributed by atoms with E-state index in [0.717, 1.165) is 22.9 Å². The van der Waals surface area contributed by atoms with Crippen LogP contribution in [0.4, 0.5) is 0 Å². The molecule has 0 spiro atoms. The van der Waals surface area contributed by atoms with Crippen molar-refractivity contribution in [2.24, 2.45) is 0 Å². The first kappa shape index (κ1) is 14.4. The Labute approximate surface area is 123 Å². The van der Waals surface area contributed by atoms with E-state index in [9.17, 15) is 0 Å². The molecule has 0 radical (unpaired) electrons. The van der Waals surface area contributed by atoms with Crippen LogP contribution in [0.25, 0.3) is 0 Å². The zero-order valence-electron chi connectivity index (χ0n) is 11.2. The molecular formula is C15H18ClNOS. The molecule has 0 aliphatic carbocycles. The van der Waals surface area contributed by atoms with Crippen molar-refractivity contribution in [3.63, 3.8) is 0 Å². The van der Waals surface area contributed by atoms with Crippen LogP contribution in [0.1, 0.15) is 10.4 Å². The highest BCUT2D eigenvalue weighted by Crippen LogP contribution is 2.24. The summed E-state index contributed by atoms with van der Waals surface area (Å²) < 4.78 is 6.25. The van der Waals surface area contributed by atoms with Crippen molar-refractivity contribution in [3.05, 3.63) is 51.2 Å². The topological polar surface area (TPSA) is 21.3 Å². The summed E-state index contributed by atoms with van der Waals surface area (Å²) in [4.78, 5) is 1.30. The Morgan fingerprint density at radius 3 is 2.63 bits per heavy atom. The summed E-state index contributed by atoms with van der Waals surface area (Å²) in [6.07, 6.45) is 1.92. The van der Waals surface area contributed by atoms with Crippen LogP contribution in [-0.4, -0.2) is 20.2 Å². The molecule has 1 aromatic carbocycles. The number of nitrogens with one attached hydrogen (secondary N) is 1. The molecule has 0 amide bonds. The van der Waals surface area contributed by atoms with Gasteiger partial charge in [0.05, 0.1) is 11.4 Å². The number of halogens is 1. The maximum Gasteiger partial charge on any atom is 0.122 e. The quantitative estimate of drug-likeness (QED) is 0.875. The number of likely N-dealkylation sites (N-methyl/N-ethyl adjacent to an activating group) is 1. The van der Waals surface area contributed by atoms with Crippen LogP contribution in [0.2, 0.25) is 4.34 Å². The van der Waals surface area contributed by atoms with Gasteiger partial charge in [0.15, 0.2) is 0 Å². The predicted molar refractivity (Wildman–Crippen MR) is 82.6 cm³/mol. The van der Waals surface area contributed by atoms with Crippen molar-refractivity contribution in [3.8, 4) is 5.75 Å². The van der Waals surface area contributed by atoms with Crippen molar-refractivity contribution in [1.82, 2.24) is 5.32 Å². The lowest BCUT2D eigenvalue weighted by Gasteiger charge is -2.17. The molecule has 102 valence electrons. The lowest BCUT2D eigenvalue weighted by Crippen LogP contribution is -2.29. The first-order valence-corrected chi connectivity index (χ1v) is 7.45. The predicted octanol–water partition coefficient (Wildman–Crippen LogP) is 3.78. The van der Waals surface area contributed by atoms with Crippen molar-refractivity contribution in [2.75, 3.05) is 14.2 Å². The minimum atomic E-state index is 0.381. The first-order valence-electron chi connectivity index (χ1n) is 6.26. The molecule has 0 saturated carbocycles. The van der Waals surface area contributed by atoms with Gasteiger partial charge < -0.3 is 10.1 Å². The van der Waals surface area contributed by atoms with E-state index in [-0.39, 0.29) is 0 Å². The molecule has 1 aromatic heterocycles. The standard InChI is InChI=1S/C15H18ClNOS/c1-17-12(10-13-7-8-15(16)19-13)9-11-5-3-4-6-14(11)18-2/h3-8,12,17H,9-10H2,1-2H3. The van der Waals surface area contributed by atoms with Crippen molar-refractivity contribution < 1.29 is 4.74 Å². The van der Waals surface area contributed by atoms with Gasteiger partial charge in [-0.15, -0.1) is 11.3 Å². The van der Waals surface area contributed by atoms with E-state index in [0.29, 0.717) is 6.04 Å². The molecule has 1 atom stereocenters. The molecular weight excluding hydrogens is 278 g/mol. The van der Waals surface area contributed by atoms with Gasteiger partial charge in [0, 0.05) is 10.9 Å². The van der Waals surface area contributed by atoms with Crippen LogP contribution in [-0.2, 0) is 12.8 Å². The SMILES string of the molecule is CNC(Cc1ccc(Cl)s1)Cc1ccccc1OC. The third kappa shape index (κ3) is 3.96. The summed E-state index contributed by atoms with van der Waals surface area (Å²) in [5, 5.41) is 3.37. The van der Waals surface area contributed by atoms with Crippen LogP contribution < -0.4 is 10.1 Å². The Kier molecular flexibility index (Phi) is 5.25. The average molecular weight is 296 g/mol. The van der Waals surface area contributed by atoms with Crippen LogP contribution in [0, 0.1) is 0 Å². The molecule has 19 heavy (non-hydrogen) atoms. The Hall–Kier alpha value is -1.03. The molecule has 0 saturated heterocycles. The molecule has 2 aromatic rings. The fraction of sp³-hybridized carbons (Fsp3) is 0.333. The molecule has 2 nitrogen and oxygen atoms in total. The van der Waals surface area contributed by atoms with Gasteiger partial charge >= 0.3 is 0 Å². The highest BCUT2D eigenvalue weighted by Gasteiger charge is 2.12. The monoisotopic (exact) mass is 295 g/mol. The van der Waals surface area contributed by atoms with Crippen LogP contribution in [0.5, 0.6) is 5.75 Å². The van der Waals surface area contributed by atoms with Gasteiger partial charge in [-0.3, -0.25) is 0 Å². The van der Waals surface area contributed by atoms with E-state index in [4.69, 9.17) is 16.3 Å². The zero-order chi connectivity index (χ0) is 13.7. The second kappa shape index (κ2) is 6.94. The van der Waals surface area contributed by atoms with Gasteiger partial charge in [-0.2, -0.15) is 0 Å². The molecule has 1 N–H and O–H groups in total. The van der Waals surface area contributed by atoms with Gasteiger partial charge in [0.2, 0.25) is 0 Å².